The lowest BCUT2D eigenvalue weighted by Crippen LogP contribution is -2.18. The highest BCUT2D eigenvalue weighted by molar-refractivity contribution is 7.09. The largest absolute Gasteiger partial charge is 0.456 e. The molecule has 5 heteroatoms. The van der Waals surface area contributed by atoms with Crippen molar-refractivity contribution < 1.29 is 14.3 Å². The third kappa shape index (κ3) is 2.89. The highest BCUT2D eigenvalue weighted by atomic mass is 32.1. The number of carbonyl (C=O) groups excluding carboxylic acids is 1. The third-order valence-electron chi connectivity index (χ3n) is 3.17. The van der Waals surface area contributed by atoms with Crippen LogP contribution in [0.5, 0.6) is 0 Å². The van der Waals surface area contributed by atoms with Crippen LogP contribution in [0.2, 0.25) is 0 Å². The molecule has 2 aromatic rings. The monoisotopic (exact) mass is 289 g/mol. The molecule has 1 aliphatic rings. The first-order valence-electron chi connectivity index (χ1n) is 6.53. The number of rotatable bonds is 3. The van der Waals surface area contributed by atoms with Crippen LogP contribution in [0.15, 0.2) is 29.6 Å². The van der Waals surface area contributed by atoms with Gasteiger partial charge in [-0.3, -0.25) is 0 Å². The average Bonchev–Trinajstić information content (AvgIpc) is 3.10. The number of nitrogens with zero attached hydrogens (tertiary/aromatic N) is 1. The van der Waals surface area contributed by atoms with Gasteiger partial charge >= 0.3 is 5.97 Å². The van der Waals surface area contributed by atoms with Crippen LogP contribution in [0.4, 0.5) is 0 Å². The summed E-state index contributed by atoms with van der Waals surface area (Å²) in [6.45, 7) is 3.12. The number of esters is 1. The molecule has 1 fully saturated rings. The molecule has 0 N–H and O–H groups in total. The second-order valence-electron chi connectivity index (χ2n) is 4.72. The number of aromatic nitrogens is 1. The zero-order chi connectivity index (χ0) is 13.9. The molecule has 0 unspecified atom stereocenters. The highest BCUT2D eigenvalue weighted by Crippen LogP contribution is 2.23. The van der Waals surface area contributed by atoms with Gasteiger partial charge in [-0.25, -0.2) is 9.78 Å². The molecule has 1 aliphatic heterocycles. The Labute approximate surface area is 121 Å². The number of hydrogen-bond donors (Lipinski definition) is 0. The van der Waals surface area contributed by atoms with Crippen molar-refractivity contribution in [2.75, 3.05) is 13.2 Å². The van der Waals surface area contributed by atoms with Crippen molar-refractivity contribution in [3.8, 4) is 11.3 Å². The molecular weight excluding hydrogens is 274 g/mol. The van der Waals surface area contributed by atoms with Crippen molar-refractivity contribution in [1.29, 1.82) is 0 Å². The standard InChI is InChI=1S/C15H15NO3S/c1-10-16-14(9-20-10)11-3-2-4-12(7-11)15(17)19-13-5-6-18-8-13/h2-4,7,9,13H,5-6,8H2,1H3/t13-/m0/s1. The van der Waals surface area contributed by atoms with Crippen LogP contribution >= 0.6 is 11.3 Å². The minimum Gasteiger partial charge on any atom is -0.456 e. The maximum Gasteiger partial charge on any atom is 0.338 e. The van der Waals surface area contributed by atoms with Gasteiger partial charge in [0.2, 0.25) is 0 Å². The Bertz CT molecular complexity index is 617. The molecular formula is C15H15NO3S. The Balaban J connectivity index is 1.78. The predicted molar refractivity (Wildman–Crippen MR) is 76.9 cm³/mol. The van der Waals surface area contributed by atoms with Crippen molar-refractivity contribution in [3.63, 3.8) is 0 Å². The van der Waals surface area contributed by atoms with Crippen LogP contribution in [0.1, 0.15) is 21.8 Å². The minimum atomic E-state index is -0.297. The third-order valence-corrected chi connectivity index (χ3v) is 3.95. The second-order valence-corrected chi connectivity index (χ2v) is 5.79. The van der Waals surface area contributed by atoms with Crippen LogP contribution in [0, 0.1) is 6.92 Å². The topological polar surface area (TPSA) is 48.4 Å². The normalized spacial score (nSPS) is 18.1. The van der Waals surface area contributed by atoms with Crippen LogP contribution in [-0.4, -0.2) is 30.3 Å². The molecule has 1 aromatic carbocycles. The molecule has 2 heterocycles. The molecule has 0 aliphatic carbocycles. The van der Waals surface area contributed by atoms with Gasteiger partial charge in [0.15, 0.2) is 0 Å². The van der Waals surface area contributed by atoms with Gasteiger partial charge in [0.25, 0.3) is 0 Å². The molecule has 0 amide bonds. The smallest absolute Gasteiger partial charge is 0.338 e. The molecule has 3 rings (SSSR count). The van der Waals surface area contributed by atoms with E-state index in [4.69, 9.17) is 9.47 Å². The molecule has 4 nitrogen and oxygen atoms in total. The van der Waals surface area contributed by atoms with E-state index in [2.05, 4.69) is 4.98 Å². The molecule has 1 aromatic heterocycles. The molecule has 0 spiro atoms. The SMILES string of the molecule is Cc1nc(-c2cccc(C(=O)O[C@H]3CCOC3)c2)cs1. The summed E-state index contributed by atoms with van der Waals surface area (Å²) >= 11 is 1.60. The molecule has 1 atom stereocenters. The number of carbonyl (C=O) groups is 1. The maximum atomic E-state index is 12.1. The van der Waals surface area contributed by atoms with E-state index in [9.17, 15) is 4.79 Å². The highest BCUT2D eigenvalue weighted by Gasteiger charge is 2.21. The summed E-state index contributed by atoms with van der Waals surface area (Å²) < 4.78 is 10.6. The van der Waals surface area contributed by atoms with E-state index >= 15 is 0 Å². The Hall–Kier alpha value is -1.72. The summed E-state index contributed by atoms with van der Waals surface area (Å²) in [6.07, 6.45) is 0.657. The molecule has 1 saturated heterocycles. The van der Waals surface area contributed by atoms with Gasteiger partial charge in [0, 0.05) is 17.4 Å². The van der Waals surface area contributed by atoms with Crippen LogP contribution < -0.4 is 0 Å². The molecule has 0 saturated carbocycles. The lowest BCUT2D eigenvalue weighted by molar-refractivity contribution is 0.0271. The van der Waals surface area contributed by atoms with E-state index in [-0.39, 0.29) is 12.1 Å². The fourth-order valence-corrected chi connectivity index (χ4v) is 2.75. The van der Waals surface area contributed by atoms with Crippen LogP contribution in [0.3, 0.4) is 0 Å². The first-order valence-corrected chi connectivity index (χ1v) is 7.41. The molecule has 0 radical (unpaired) electrons. The first-order chi connectivity index (χ1) is 9.72. The zero-order valence-corrected chi connectivity index (χ0v) is 12.0. The Morgan fingerprint density at radius 3 is 3.10 bits per heavy atom. The number of benzene rings is 1. The van der Waals surface area contributed by atoms with Crippen LogP contribution in [-0.2, 0) is 9.47 Å². The maximum absolute atomic E-state index is 12.1. The van der Waals surface area contributed by atoms with E-state index < -0.39 is 0 Å². The molecule has 104 valence electrons. The summed E-state index contributed by atoms with van der Waals surface area (Å²) in [5, 5.41) is 3.00. The van der Waals surface area contributed by atoms with E-state index in [1.807, 2.05) is 30.5 Å². The van der Waals surface area contributed by atoms with Crippen molar-refractivity contribution in [3.05, 3.63) is 40.2 Å². The lowest BCUT2D eigenvalue weighted by atomic mass is 10.1. The summed E-state index contributed by atoms with van der Waals surface area (Å²) in [5.74, 6) is -0.297. The van der Waals surface area contributed by atoms with Crippen molar-refractivity contribution in [2.45, 2.75) is 19.4 Å². The van der Waals surface area contributed by atoms with Crippen LogP contribution in [0.25, 0.3) is 11.3 Å². The van der Waals surface area contributed by atoms with Gasteiger partial charge in [0.05, 0.1) is 29.5 Å². The van der Waals surface area contributed by atoms with E-state index in [1.165, 1.54) is 0 Å². The fraction of sp³-hybridized carbons (Fsp3) is 0.333. The van der Waals surface area contributed by atoms with Crippen molar-refractivity contribution in [1.82, 2.24) is 4.98 Å². The Morgan fingerprint density at radius 2 is 2.40 bits per heavy atom. The van der Waals surface area contributed by atoms with E-state index in [0.29, 0.717) is 18.8 Å². The predicted octanol–water partition coefficient (Wildman–Crippen LogP) is 3.06. The Kier molecular flexibility index (Phi) is 3.80. The van der Waals surface area contributed by atoms with Gasteiger partial charge in [-0.2, -0.15) is 0 Å². The number of ether oxygens (including phenoxy) is 2. The Morgan fingerprint density at radius 1 is 1.50 bits per heavy atom. The summed E-state index contributed by atoms with van der Waals surface area (Å²) in [4.78, 5) is 16.5. The zero-order valence-electron chi connectivity index (χ0n) is 11.2. The fourth-order valence-electron chi connectivity index (χ4n) is 2.13. The average molecular weight is 289 g/mol. The van der Waals surface area contributed by atoms with Crippen molar-refractivity contribution >= 4 is 17.3 Å². The molecule has 0 bridgehead atoms. The van der Waals surface area contributed by atoms with Gasteiger partial charge < -0.3 is 9.47 Å². The number of hydrogen-bond acceptors (Lipinski definition) is 5. The summed E-state index contributed by atoms with van der Waals surface area (Å²) in [6, 6.07) is 7.39. The van der Waals surface area contributed by atoms with Crippen molar-refractivity contribution in [2.24, 2.45) is 0 Å². The number of thiazole rings is 1. The molecule has 20 heavy (non-hydrogen) atoms. The lowest BCUT2D eigenvalue weighted by Gasteiger charge is -2.10. The van der Waals surface area contributed by atoms with Gasteiger partial charge in [-0.05, 0) is 19.1 Å². The van der Waals surface area contributed by atoms with E-state index in [1.54, 1.807) is 17.4 Å². The first kappa shape index (κ1) is 13.3. The number of aryl methyl sites for hydroxylation is 1. The second kappa shape index (κ2) is 5.73. The van der Waals surface area contributed by atoms with Gasteiger partial charge in [-0.15, -0.1) is 11.3 Å². The summed E-state index contributed by atoms with van der Waals surface area (Å²) in [7, 11) is 0. The minimum absolute atomic E-state index is 0.118. The van der Waals surface area contributed by atoms with Gasteiger partial charge in [0.1, 0.15) is 6.10 Å². The van der Waals surface area contributed by atoms with Gasteiger partial charge in [-0.1, -0.05) is 12.1 Å². The quantitative estimate of drug-likeness (QED) is 0.815. The van der Waals surface area contributed by atoms with E-state index in [0.717, 1.165) is 22.7 Å². The summed E-state index contributed by atoms with van der Waals surface area (Å²) in [5.41, 5.74) is 2.39.